The molecule has 4 heteroatoms. The number of aromatic nitrogens is 3. The number of hydrogen-bond acceptors (Lipinski definition) is 3. The predicted octanol–water partition coefficient (Wildman–Crippen LogP) is 14.2. The molecule has 0 fully saturated rings. The van der Waals surface area contributed by atoms with Crippen molar-refractivity contribution in [1.29, 1.82) is 0 Å². The van der Waals surface area contributed by atoms with Crippen molar-refractivity contribution in [3.8, 4) is 50.7 Å². The molecule has 3 nitrogen and oxygen atoms in total. The van der Waals surface area contributed by atoms with Crippen LogP contribution < -0.4 is 0 Å². The standard InChI is InChI=1S/C52H35N3S/c1-5-17-34(18-6-1)41-29-38(52-53-45(36-21-9-3-10-22-36)33-46(54-52)37-23-11-4-12-24-37)30-42(35-19-7-2-8-20-35)51(41)55-47-27-15-13-25-39(47)43-32-50-44(31-48(43)55)40-26-14-16-28-49(40)56-50/h1-19,21-33,35H,20H2. The highest BCUT2D eigenvalue weighted by Gasteiger charge is 2.25. The second-order valence-corrected chi connectivity index (χ2v) is 15.6. The highest BCUT2D eigenvalue weighted by atomic mass is 32.1. The predicted molar refractivity (Wildman–Crippen MR) is 237 cm³/mol. The lowest BCUT2D eigenvalue weighted by Crippen LogP contribution is -2.08. The van der Waals surface area contributed by atoms with Crippen molar-refractivity contribution in [2.75, 3.05) is 0 Å². The Morgan fingerprint density at radius 2 is 1.12 bits per heavy atom. The fourth-order valence-electron chi connectivity index (χ4n) is 8.48. The van der Waals surface area contributed by atoms with Crippen molar-refractivity contribution in [1.82, 2.24) is 14.5 Å². The van der Waals surface area contributed by atoms with E-state index < -0.39 is 0 Å². The van der Waals surface area contributed by atoms with Gasteiger partial charge in [-0.25, -0.2) is 9.97 Å². The van der Waals surface area contributed by atoms with E-state index in [0.29, 0.717) is 5.82 Å². The van der Waals surface area contributed by atoms with Crippen molar-refractivity contribution in [3.63, 3.8) is 0 Å². The molecule has 1 atom stereocenters. The smallest absolute Gasteiger partial charge is 0.160 e. The number of thiophene rings is 1. The molecule has 11 rings (SSSR count). The maximum absolute atomic E-state index is 5.32. The van der Waals surface area contributed by atoms with Gasteiger partial charge in [0, 0.05) is 59.1 Å². The van der Waals surface area contributed by atoms with Crippen LogP contribution in [0.5, 0.6) is 0 Å². The summed E-state index contributed by atoms with van der Waals surface area (Å²) in [6.07, 6.45) is 9.90. The van der Waals surface area contributed by atoms with Gasteiger partial charge in [0.05, 0.1) is 28.1 Å². The fourth-order valence-corrected chi connectivity index (χ4v) is 9.61. The zero-order valence-corrected chi connectivity index (χ0v) is 31.3. The molecule has 0 radical (unpaired) electrons. The third-order valence-corrected chi connectivity index (χ3v) is 12.3. The van der Waals surface area contributed by atoms with Crippen LogP contribution in [0.25, 0.3) is 92.7 Å². The maximum atomic E-state index is 5.32. The quantitative estimate of drug-likeness (QED) is 0.170. The summed E-state index contributed by atoms with van der Waals surface area (Å²) in [5, 5.41) is 5.11. The van der Waals surface area contributed by atoms with E-state index in [1.54, 1.807) is 0 Å². The second-order valence-electron chi connectivity index (χ2n) is 14.5. The number of benzene rings is 7. The lowest BCUT2D eigenvalue weighted by atomic mass is 9.86. The third-order valence-electron chi connectivity index (χ3n) is 11.1. The van der Waals surface area contributed by atoms with Crippen LogP contribution >= 0.6 is 11.3 Å². The van der Waals surface area contributed by atoms with Crippen LogP contribution in [0.3, 0.4) is 0 Å². The summed E-state index contributed by atoms with van der Waals surface area (Å²) >= 11 is 1.87. The van der Waals surface area contributed by atoms with Gasteiger partial charge in [-0.05, 0) is 60.0 Å². The molecule has 0 saturated heterocycles. The average Bonchev–Trinajstić information content (AvgIpc) is 3.80. The average molecular weight is 734 g/mol. The van der Waals surface area contributed by atoms with E-state index in [4.69, 9.17) is 9.97 Å². The zero-order chi connectivity index (χ0) is 37.0. The van der Waals surface area contributed by atoms with Crippen LogP contribution in [0.15, 0.2) is 194 Å². The largest absolute Gasteiger partial charge is 0.308 e. The summed E-state index contributed by atoms with van der Waals surface area (Å²) in [7, 11) is 0. The van der Waals surface area contributed by atoms with Gasteiger partial charge in [0.25, 0.3) is 0 Å². The maximum Gasteiger partial charge on any atom is 0.160 e. The minimum Gasteiger partial charge on any atom is -0.308 e. The van der Waals surface area contributed by atoms with Crippen LogP contribution in [0.4, 0.5) is 0 Å². The molecule has 0 N–H and O–H groups in total. The minimum atomic E-state index is 0.144. The Balaban J connectivity index is 1.25. The zero-order valence-electron chi connectivity index (χ0n) is 30.5. The van der Waals surface area contributed by atoms with E-state index in [0.717, 1.165) is 45.6 Å². The van der Waals surface area contributed by atoms with Crippen LogP contribution in [0.2, 0.25) is 0 Å². The van der Waals surface area contributed by atoms with Crippen molar-refractivity contribution in [2.24, 2.45) is 0 Å². The summed E-state index contributed by atoms with van der Waals surface area (Å²) in [5.41, 5.74) is 12.0. The third kappa shape index (κ3) is 5.49. The lowest BCUT2D eigenvalue weighted by Gasteiger charge is -2.25. The van der Waals surface area contributed by atoms with Crippen LogP contribution in [0.1, 0.15) is 17.9 Å². The molecule has 56 heavy (non-hydrogen) atoms. The molecule has 264 valence electrons. The number of para-hydroxylation sites is 1. The number of nitrogens with zero attached hydrogens (tertiary/aromatic N) is 3. The highest BCUT2D eigenvalue weighted by molar-refractivity contribution is 7.25. The summed E-state index contributed by atoms with van der Waals surface area (Å²) < 4.78 is 5.17. The number of allylic oxidation sites excluding steroid dienone is 4. The molecule has 0 spiro atoms. The molecular weight excluding hydrogens is 699 g/mol. The van der Waals surface area contributed by atoms with Crippen molar-refractivity contribution in [3.05, 3.63) is 200 Å². The molecule has 0 amide bonds. The van der Waals surface area contributed by atoms with Gasteiger partial charge in [0.2, 0.25) is 0 Å². The van der Waals surface area contributed by atoms with E-state index in [1.807, 2.05) is 23.5 Å². The molecule has 3 heterocycles. The van der Waals surface area contributed by atoms with Crippen LogP contribution in [-0.2, 0) is 0 Å². The first-order valence-corrected chi connectivity index (χ1v) is 20.0. The van der Waals surface area contributed by atoms with Gasteiger partial charge in [0.1, 0.15) is 0 Å². The van der Waals surface area contributed by atoms with Crippen LogP contribution in [0, 0.1) is 0 Å². The fraction of sp³-hybridized carbons (Fsp3) is 0.0385. The molecule has 3 aromatic heterocycles. The summed E-state index contributed by atoms with van der Waals surface area (Å²) in [6, 6.07) is 61.1. The van der Waals surface area contributed by atoms with Crippen molar-refractivity contribution >= 4 is 53.3 Å². The van der Waals surface area contributed by atoms with Gasteiger partial charge < -0.3 is 4.57 Å². The van der Waals surface area contributed by atoms with Gasteiger partial charge in [-0.15, -0.1) is 11.3 Å². The molecule has 7 aromatic carbocycles. The Kier molecular flexibility index (Phi) is 7.82. The van der Waals surface area contributed by atoms with E-state index in [2.05, 4.69) is 187 Å². The second kappa shape index (κ2) is 13.5. The molecule has 1 aliphatic carbocycles. The molecule has 0 aliphatic heterocycles. The first-order chi connectivity index (χ1) is 27.8. The van der Waals surface area contributed by atoms with E-state index in [9.17, 15) is 0 Å². The lowest BCUT2D eigenvalue weighted by molar-refractivity contribution is 0.844. The van der Waals surface area contributed by atoms with Crippen molar-refractivity contribution in [2.45, 2.75) is 12.3 Å². The van der Waals surface area contributed by atoms with Gasteiger partial charge in [-0.1, -0.05) is 152 Å². The van der Waals surface area contributed by atoms with E-state index >= 15 is 0 Å². The molecule has 1 unspecified atom stereocenters. The number of rotatable bonds is 6. The summed E-state index contributed by atoms with van der Waals surface area (Å²) in [6.45, 7) is 0. The van der Waals surface area contributed by atoms with Crippen LogP contribution in [-0.4, -0.2) is 14.5 Å². The Hall–Kier alpha value is -6.88. The number of fused-ring (bicyclic) bond motifs is 6. The van der Waals surface area contributed by atoms with Gasteiger partial charge >= 0.3 is 0 Å². The van der Waals surface area contributed by atoms with Crippen molar-refractivity contribution < 1.29 is 0 Å². The molecule has 10 aromatic rings. The van der Waals surface area contributed by atoms with Gasteiger partial charge in [0.15, 0.2) is 5.82 Å². The van der Waals surface area contributed by atoms with Gasteiger partial charge in [-0.2, -0.15) is 0 Å². The molecule has 0 bridgehead atoms. The Labute approximate surface area is 329 Å². The van der Waals surface area contributed by atoms with E-state index in [1.165, 1.54) is 53.2 Å². The summed E-state index contributed by atoms with van der Waals surface area (Å²) in [5.74, 6) is 0.851. The Bertz CT molecular complexity index is 3100. The first kappa shape index (κ1) is 32.5. The molecule has 0 saturated carbocycles. The SMILES string of the molecule is C1=CCC(c2cc(-c3nc(-c4ccccc4)cc(-c4ccccc4)n3)cc(-c3ccccc3)c2-n2c3ccccc3c3cc4sc5ccccc5c4cc32)C=C1. The molecular formula is C52H35N3S. The first-order valence-electron chi connectivity index (χ1n) is 19.2. The monoisotopic (exact) mass is 733 g/mol. The number of hydrogen-bond donors (Lipinski definition) is 0. The Morgan fingerprint density at radius 3 is 1.82 bits per heavy atom. The molecule has 1 aliphatic rings. The minimum absolute atomic E-state index is 0.144. The highest BCUT2D eigenvalue weighted by Crippen LogP contribution is 2.46. The normalized spacial score (nSPS) is 14.0. The Morgan fingerprint density at radius 1 is 0.482 bits per heavy atom. The summed E-state index contributed by atoms with van der Waals surface area (Å²) in [4.78, 5) is 10.6. The topological polar surface area (TPSA) is 30.7 Å². The van der Waals surface area contributed by atoms with Gasteiger partial charge in [-0.3, -0.25) is 0 Å². The van der Waals surface area contributed by atoms with E-state index in [-0.39, 0.29) is 5.92 Å².